The number of aliphatic carboxylic acids is 1. The Kier molecular flexibility index (Phi) is 22.3. The first-order chi connectivity index (χ1) is 34.4. The first-order valence-corrected chi connectivity index (χ1v) is 24.6. The number of hydrazine groups is 6. The van der Waals surface area contributed by atoms with Gasteiger partial charge in [-0.15, -0.1) is 0 Å². The van der Waals surface area contributed by atoms with Crippen molar-refractivity contribution >= 4 is 58.6 Å². The fourth-order valence-electron chi connectivity index (χ4n) is 8.38. The molecule has 7 heterocycles. The standard InChI is InChI=1S/C38H68Cl2N23O2.C2HF3O2/c1-4-6-14-58(15-7-5-2)16-8-13-46-38-54-34(24-9-17-60(18-10-24)62-26(33(44)64)30(41)51-32(43)28(62)39)53-35(55-38)25-11-19-61(20-12-25)63-27-31(42)52-36(29(63)40)47-21-48-57-50-23-59(37(27)65)22-49-56-45-3;3-2(4,5)1(6)7/h24-25,28-29,45,48-50,56-57H,3-23,41-42H2,1-2H3,(H2,43,51)(H2,44,64)(H,47,52)(H,46,53,54,55);(H,6,7). The predicted molar refractivity (Wildman–Crippen MR) is 262 cm³/mol. The molecule has 0 spiro atoms. The molecule has 0 aromatic carbocycles. The van der Waals surface area contributed by atoms with E-state index in [9.17, 15) is 22.8 Å². The minimum atomic E-state index is -5.08. The van der Waals surface area contributed by atoms with E-state index in [1.165, 1.54) is 17.7 Å². The Hall–Kier alpha value is -5.15. The molecule has 403 valence electrons. The largest absolute Gasteiger partial charge is 0.490 e. The zero-order chi connectivity index (χ0) is 52.5. The molecule has 7 rings (SSSR count). The smallest absolute Gasteiger partial charge is 0.475 e. The van der Waals surface area contributed by atoms with Crippen LogP contribution in [0.5, 0.6) is 0 Å². The number of nitrogens with one attached hydrogen (secondary N) is 8. The van der Waals surface area contributed by atoms with Crippen LogP contribution < -0.4 is 66.3 Å². The number of nitrogens with two attached hydrogens (primary N) is 4. The number of halogens is 5. The van der Waals surface area contributed by atoms with Crippen LogP contribution in [0.15, 0.2) is 33.0 Å². The van der Waals surface area contributed by atoms with Crippen molar-refractivity contribution in [1.29, 1.82) is 0 Å². The Labute approximate surface area is 426 Å². The van der Waals surface area contributed by atoms with Gasteiger partial charge in [-0.2, -0.15) is 34.2 Å². The van der Waals surface area contributed by atoms with Crippen LogP contribution in [0.2, 0.25) is 0 Å². The molecule has 27 nitrogen and oxygen atoms in total. The number of carbonyl (C=O) groups excluding carboxylic acids is 2. The minimum Gasteiger partial charge on any atom is -0.475 e. The van der Waals surface area contributed by atoms with Gasteiger partial charge < -0.3 is 48.5 Å². The first-order valence-electron chi connectivity index (χ1n) is 23.7. The van der Waals surface area contributed by atoms with Gasteiger partial charge in [-0.3, -0.25) is 19.6 Å². The molecule has 6 aliphatic rings. The summed E-state index contributed by atoms with van der Waals surface area (Å²) in [5, 5.41) is 21.1. The Morgan fingerprint density at radius 3 is 1.97 bits per heavy atom. The summed E-state index contributed by atoms with van der Waals surface area (Å²) in [6, 6.07) is 0. The number of aliphatic imine (C=N–C) groups is 2. The van der Waals surface area contributed by atoms with E-state index in [-0.39, 0.29) is 60.7 Å². The lowest BCUT2D eigenvalue weighted by atomic mass is 9.94. The number of nitrogens with zero attached hydrogens (tertiary/aromatic N) is 11. The number of amides is 2. The van der Waals surface area contributed by atoms with Crippen LogP contribution in [0.25, 0.3) is 0 Å². The first kappa shape index (κ1) is 57.7. The van der Waals surface area contributed by atoms with E-state index < -0.39 is 35.0 Å². The van der Waals surface area contributed by atoms with Gasteiger partial charge in [0.2, 0.25) is 5.95 Å². The molecule has 1 radical (unpaired) electrons. The number of amidine groups is 2. The molecule has 6 aliphatic heterocycles. The van der Waals surface area contributed by atoms with Gasteiger partial charge >= 0.3 is 12.1 Å². The van der Waals surface area contributed by atoms with Crippen LogP contribution in [-0.4, -0.2) is 169 Å². The van der Waals surface area contributed by atoms with E-state index in [0.717, 1.165) is 38.9 Å². The lowest BCUT2D eigenvalue weighted by Gasteiger charge is -2.46. The van der Waals surface area contributed by atoms with Crippen LogP contribution in [0.1, 0.15) is 95.1 Å². The Morgan fingerprint density at radius 1 is 0.861 bits per heavy atom. The van der Waals surface area contributed by atoms with Crippen LogP contribution in [-0.2, 0) is 14.4 Å². The summed E-state index contributed by atoms with van der Waals surface area (Å²) in [6.07, 6.45) is 3.15. The van der Waals surface area contributed by atoms with Gasteiger partial charge in [0.25, 0.3) is 11.8 Å². The average molecular weight is 1060 g/mol. The third kappa shape index (κ3) is 15.7. The van der Waals surface area contributed by atoms with Gasteiger partial charge in [-0.1, -0.05) is 49.9 Å². The van der Waals surface area contributed by atoms with Crippen molar-refractivity contribution in [2.24, 2.45) is 32.9 Å². The van der Waals surface area contributed by atoms with Crippen molar-refractivity contribution in [3.63, 3.8) is 0 Å². The molecule has 3 fully saturated rings. The number of aromatic nitrogens is 3. The van der Waals surface area contributed by atoms with Crippen LogP contribution >= 0.6 is 23.2 Å². The summed E-state index contributed by atoms with van der Waals surface area (Å²) < 4.78 is 31.7. The molecule has 2 bridgehead atoms. The van der Waals surface area contributed by atoms with E-state index in [2.05, 4.69) is 79.2 Å². The second kappa shape index (κ2) is 27.8. The van der Waals surface area contributed by atoms with E-state index in [1.807, 2.05) is 10.0 Å². The van der Waals surface area contributed by atoms with Crippen molar-refractivity contribution in [2.75, 3.05) is 77.7 Å². The highest BCUT2D eigenvalue weighted by atomic mass is 35.5. The number of anilines is 1. The highest BCUT2D eigenvalue weighted by molar-refractivity contribution is 6.32. The molecule has 0 saturated carbocycles. The maximum atomic E-state index is 14.3. The van der Waals surface area contributed by atoms with Gasteiger partial charge in [0, 0.05) is 51.6 Å². The van der Waals surface area contributed by atoms with Gasteiger partial charge in [0.1, 0.15) is 23.3 Å². The Morgan fingerprint density at radius 2 is 1.43 bits per heavy atom. The summed E-state index contributed by atoms with van der Waals surface area (Å²) in [5.41, 5.74) is 39.8. The number of fused-ring (bicyclic) bond motifs is 9. The number of carbonyl (C=O) groups is 3. The molecule has 2 atom stereocenters. The van der Waals surface area contributed by atoms with Crippen LogP contribution in [0.3, 0.4) is 0 Å². The lowest BCUT2D eigenvalue weighted by Crippen LogP contribution is -2.62. The maximum Gasteiger partial charge on any atom is 0.490 e. The number of rotatable bonds is 20. The average Bonchev–Trinajstić information content (AvgIpc) is 3.35. The number of carboxylic acid groups (broad SMARTS) is 1. The topological polar surface area (TPSA) is 355 Å². The SMILES string of the molecule is O=C(O)C(F)(F)F.[CH2]NNNCN1CNNNCNC2=NC(N)=C(C1=O)N(N1CCC(c3nc(NCCCN(CCCC)CCCC)nc(C4CCN(N5C(C(N)=O)=C(N)N=C(N)C5Cl)CC4)n3)CC1)C2Cl. The number of hydrogen-bond acceptors (Lipinski definition) is 24. The molecular formula is C40H69Cl2F3N23O4. The number of hydrogen-bond donors (Lipinski definition) is 13. The summed E-state index contributed by atoms with van der Waals surface area (Å²) in [6.45, 7) is 10.8. The third-order valence-electron chi connectivity index (χ3n) is 12.1. The normalized spacial score (nSPS) is 21.5. The van der Waals surface area contributed by atoms with Gasteiger partial charge in [-0.25, -0.2) is 51.5 Å². The van der Waals surface area contributed by atoms with Crippen molar-refractivity contribution < 1.29 is 32.7 Å². The van der Waals surface area contributed by atoms with Crippen LogP contribution in [0, 0.1) is 7.05 Å². The molecule has 3 saturated heterocycles. The van der Waals surface area contributed by atoms with Gasteiger partial charge in [0.15, 0.2) is 34.0 Å². The van der Waals surface area contributed by atoms with E-state index >= 15 is 0 Å². The zero-order valence-corrected chi connectivity index (χ0v) is 42.0. The molecule has 32 heteroatoms. The summed E-state index contributed by atoms with van der Waals surface area (Å²) >= 11 is 13.8. The monoisotopic (exact) mass is 1060 g/mol. The molecule has 2 unspecified atom stereocenters. The highest BCUT2D eigenvalue weighted by Gasteiger charge is 2.42. The van der Waals surface area contributed by atoms with Crippen molar-refractivity contribution in [2.45, 2.75) is 101 Å². The highest BCUT2D eigenvalue weighted by Crippen LogP contribution is 2.35. The molecule has 1 aromatic rings. The number of primary amides is 1. The molecule has 1 aromatic heterocycles. The lowest BCUT2D eigenvalue weighted by molar-refractivity contribution is -0.192. The van der Waals surface area contributed by atoms with Crippen molar-refractivity contribution in [1.82, 2.24) is 82.9 Å². The summed E-state index contributed by atoms with van der Waals surface area (Å²) in [5.74, 6) is -1.59. The number of unbranched alkanes of at least 4 members (excludes halogenated alkanes) is 2. The number of piperidine rings is 2. The minimum absolute atomic E-state index is 0.00905. The van der Waals surface area contributed by atoms with E-state index in [0.29, 0.717) is 81.8 Å². The second-order valence-electron chi connectivity index (χ2n) is 17.2. The fraction of sp³-hybridized carbons (Fsp3) is 0.675. The van der Waals surface area contributed by atoms with E-state index in [1.54, 1.807) is 10.0 Å². The van der Waals surface area contributed by atoms with E-state index in [4.69, 9.17) is 71.0 Å². The maximum absolute atomic E-state index is 14.3. The summed E-state index contributed by atoms with van der Waals surface area (Å²) in [7, 11) is 3.54. The third-order valence-corrected chi connectivity index (χ3v) is 12.9. The van der Waals surface area contributed by atoms with Crippen LogP contribution in [0.4, 0.5) is 19.1 Å². The molecule has 72 heavy (non-hydrogen) atoms. The molecule has 2 amide bonds. The Balaban J connectivity index is 0.00000128. The number of carboxylic acids is 1. The second-order valence-corrected chi connectivity index (χ2v) is 18.0. The van der Waals surface area contributed by atoms with Gasteiger partial charge in [-0.05, 0) is 64.6 Å². The molecule has 0 aliphatic carbocycles. The van der Waals surface area contributed by atoms with Crippen molar-refractivity contribution in [3.8, 4) is 0 Å². The predicted octanol–water partition coefficient (Wildman–Crippen LogP) is -1.05. The molecular weight excluding hydrogens is 994 g/mol. The van der Waals surface area contributed by atoms with Crippen molar-refractivity contribution in [3.05, 3.63) is 41.7 Å². The fourth-order valence-corrected chi connectivity index (χ4v) is 9.00. The zero-order valence-electron chi connectivity index (χ0n) is 40.4. The molecule has 17 N–H and O–H groups in total. The quantitative estimate of drug-likeness (QED) is 0.0321. The summed E-state index contributed by atoms with van der Waals surface area (Å²) in [4.78, 5) is 63.5. The Bertz CT molecular complexity index is 2100. The number of alkyl halides is 5. The van der Waals surface area contributed by atoms with Gasteiger partial charge in [0.05, 0.1) is 20.0 Å².